The number of hydrogen-bond donors (Lipinski definition) is 1. The van der Waals surface area contributed by atoms with E-state index < -0.39 is 23.3 Å². The van der Waals surface area contributed by atoms with Gasteiger partial charge in [0.2, 0.25) is 0 Å². The molecule has 0 fully saturated rings. The molecule has 40 heavy (non-hydrogen) atoms. The number of benzene rings is 3. The van der Waals surface area contributed by atoms with Crippen LogP contribution in [0.3, 0.4) is 0 Å². The Kier molecular flexibility index (Phi) is 8.46. The number of aryl methyl sites for hydroxylation is 2. The molecule has 0 aliphatic rings. The number of halogens is 4. The number of anilines is 1. The number of aliphatic carboxylic acids is 1. The Labute approximate surface area is 239 Å². The van der Waals surface area contributed by atoms with Gasteiger partial charge in [0.1, 0.15) is 15.8 Å². The van der Waals surface area contributed by atoms with E-state index in [1.54, 1.807) is 6.07 Å². The lowest BCUT2D eigenvalue weighted by molar-refractivity contribution is -0.152. The number of ether oxygens (including phenoxy) is 1. The van der Waals surface area contributed by atoms with E-state index in [2.05, 4.69) is 9.88 Å². The number of thiazole rings is 1. The first-order valence-corrected chi connectivity index (χ1v) is 13.6. The standard InChI is InChI=1S/C30H28ClF3N2O3S/c1-18-15-20(9-14-25(18)39-29(3,4)28(37)38)16-36(17-22-7-5-6-8-24(22)31)27-19(2)35-26(40-27)21-10-12-23(13-11-21)30(32,33)34/h5-15H,16-17H2,1-4H3,(H,37,38). The van der Waals surface area contributed by atoms with Crippen molar-refractivity contribution in [3.05, 3.63) is 99.7 Å². The maximum absolute atomic E-state index is 13.0. The lowest BCUT2D eigenvalue weighted by Crippen LogP contribution is -2.38. The lowest BCUT2D eigenvalue weighted by atomic mass is 10.1. The van der Waals surface area contributed by atoms with E-state index in [1.165, 1.54) is 37.3 Å². The van der Waals surface area contributed by atoms with Gasteiger partial charge in [0, 0.05) is 23.7 Å². The molecule has 0 aliphatic carbocycles. The number of nitrogens with zero attached hydrogens (tertiary/aromatic N) is 2. The van der Waals surface area contributed by atoms with Gasteiger partial charge in [-0.05, 0) is 68.7 Å². The minimum Gasteiger partial charge on any atom is -0.478 e. The molecule has 0 saturated carbocycles. The van der Waals surface area contributed by atoms with E-state index in [4.69, 9.17) is 16.3 Å². The molecule has 210 valence electrons. The molecule has 0 saturated heterocycles. The van der Waals surface area contributed by atoms with Gasteiger partial charge in [-0.25, -0.2) is 9.78 Å². The maximum atomic E-state index is 13.0. The van der Waals surface area contributed by atoms with E-state index >= 15 is 0 Å². The lowest BCUT2D eigenvalue weighted by Gasteiger charge is -2.26. The Morgan fingerprint density at radius 1 is 1.02 bits per heavy atom. The zero-order valence-corrected chi connectivity index (χ0v) is 23.9. The fraction of sp³-hybridized carbons (Fsp3) is 0.267. The molecule has 0 atom stereocenters. The average molecular weight is 589 g/mol. The maximum Gasteiger partial charge on any atom is 0.416 e. The van der Waals surface area contributed by atoms with Gasteiger partial charge >= 0.3 is 12.1 Å². The summed E-state index contributed by atoms with van der Waals surface area (Å²) in [6.07, 6.45) is -4.41. The molecule has 1 N–H and O–H groups in total. The number of carbonyl (C=O) groups is 1. The highest BCUT2D eigenvalue weighted by atomic mass is 35.5. The summed E-state index contributed by atoms with van der Waals surface area (Å²) in [5.41, 5.74) is 1.91. The quantitative estimate of drug-likeness (QED) is 0.212. The molecular formula is C30H28ClF3N2O3S. The van der Waals surface area contributed by atoms with E-state index in [0.29, 0.717) is 34.4 Å². The second kappa shape index (κ2) is 11.5. The molecule has 1 aromatic heterocycles. The highest BCUT2D eigenvalue weighted by Crippen LogP contribution is 2.38. The topological polar surface area (TPSA) is 62.7 Å². The normalized spacial score (nSPS) is 11.9. The minimum absolute atomic E-state index is 0.471. The number of aromatic nitrogens is 1. The Hall–Kier alpha value is -3.56. The van der Waals surface area contributed by atoms with Crippen LogP contribution in [0.2, 0.25) is 5.02 Å². The third-order valence-corrected chi connectivity index (χ3v) is 7.97. The molecule has 0 aliphatic heterocycles. The summed E-state index contributed by atoms with van der Waals surface area (Å²) in [7, 11) is 0. The van der Waals surface area contributed by atoms with Crippen LogP contribution in [-0.2, 0) is 24.1 Å². The van der Waals surface area contributed by atoms with Gasteiger partial charge in [-0.2, -0.15) is 13.2 Å². The SMILES string of the molecule is Cc1cc(CN(Cc2ccccc2Cl)c2sc(-c3ccc(C(F)(F)F)cc3)nc2C)ccc1OC(C)(C)C(=O)O. The van der Waals surface area contributed by atoms with Gasteiger partial charge in [0.15, 0.2) is 5.60 Å². The van der Waals surface area contributed by atoms with E-state index in [-0.39, 0.29) is 0 Å². The molecule has 4 rings (SSSR count). The van der Waals surface area contributed by atoms with Crippen molar-refractivity contribution in [1.29, 1.82) is 0 Å². The van der Waals surface area contributed by atoms with Crippen LogP contribution < -0.4 is 9.64 Å². The number of rotatable bonds is 9. The Balaban J connectivity index is 1.67. The van der Waals surface area contributed by atoms with E-state index in [1.807, 2.05) is 50.2 Å². The number of carboxylic acid groups (broad SMARTS) is 1. The molecule has 1 heterocycles. The summed E-state index contributed by atoms with van der Waals surface area (Å²) >= 11 is 7.89. The van der Waals surface area contributed by atoms with Gasteiger partial charge in [-0.3, -0.25) is 0 Å². The second-order valence-electron chi connectivity index (χ2n) is 9.95. The fourth-order valence-electron chi connectivity index (χ4n) is 4.10. The monoisotopic (exact) mass is 588 g/mol. The van der Waals surface area contributed by atoms with Crippen LogP contribution in [0.15, 0.2) is 66.7 Å². The van der Waals surface area contributed by atoms with Crippen LogP contribution in [0, 0.1) is 13.8 Å². The van der Waals surface area contributed by atoms with Crippen molar-refractivity contribution in [1.82, 2.24) is 4.98 Å². The van der Waals surface area contributed by atoms with Crippen molar-refractivity contribution in [3.8, 4) is 16.3 Å². The fourth-order valence-corrected chi connectivity index (χ4v) is 5.37. The zero-order chi connectivity index (χ0) is 29.2. The summed E-state index contributed by atoms with van der Waals surface area (Å²) in [6.45, 7) is 7.66. The second-order valence-corrected chi connectivity index (χ2v) is 11.3. The van der Waals surface area contributed by atoms with Crippen molar-refractivity contribution in [2.24, 2.45) is 0 Å². The summed E-state index contributed by atoms with van der Waals surface area (Å²) in [5.74, 6) is -0.584. The smallest absolute Gasteiger partial charge is 0.416 e. The van der Waals surface area contributed by atoms with Crippen LogP contribution in [0.25, 0.3) is 10.6 Å². The third-order valence-electron chi connectivity index (χ3n) is 6.33. The van der Waals surface area contributed by atoms with Crippen molar-refractivity contribution >= 4 is 33.9 Å². The Morgan fingerprint density at radius 3 is 2.30 bits per heavy atom. The van der Waals surface area contributed by atoms with E-state index in [9.17, 15) is 23.1 Å². The predicted octanol–water partition coefficient (Wildman–Crippen LogP) is 8.55. The highest BCUT2D eigenvalue weighted by molar-refractivity contribution is 7.19. The third kappa shape index (κ3) is 6.77. The molecule has 0 spiro atoms. The van der Waals surface area contributed by atoms with Gasteiger partial charge in [0.05, 0.1) is 11.3 Å². The number of alkyl halides is 3. The molecule has 0 radical (unpaired) electrons. The van der Waals surface area contributed by atoms with E-state index in [0.717, 1.165) is 39.5 Å². The summed E-state index contributed by atoms with van der Waals surface area (Å²) in [5, 5.41) is 11.5. The average Bonchev–Trinajstić information content (AvgIpc) is 3.27. The molecule has 10 heteroatoms. The summed E-state index contributed by atoms with van der Waals surface area (Å²) in [4.78, 5) is 18.3. The minimum atomic E-state index is -4.41. The largest absolute Gasteiger partial charge is 0.478 e. The predicted molar refractivity (Wildman–Crippen MR) is 152 cm³/mol. The van der Waals surface area contributed by atoms with Crippen LogP contribution >= 0.6 is 22.9 Å². The van der Waals surface area contributed by atoms with Crippen molar-refractivity contribution < 1.29 is 27.8 Å². The van der Waals surface area contributed by atoms with Gasteiger partial charge in [-0.15, -0.1) is 0 Å². The van der Waals surface area contributed by atoms with Crippen molar-refractivity contribution in [2.45, 2.75) is 52.6 Å². The molecule has 0 bridgehead atoms. The van der Waals surface area contributed by atoms with Gasteiger partial charge in [-0.1, -0.05) is 65.4 Å². The zero-order valence-electron chi connectivity index (χ0n) is 22.3. The molecule has 0 amide bonds. The molecular weight excluding hydrogens is 561 g/mol. The number of hydrogen-bond acceptors (Lipinski definition) is 5. The number of carboxylic acids is 1. The molecule has 3 aromatic carbocycles. The van der Waals surface area contributed by atoms with Crippen LogP contribution in [0.5, 0.6) is 5.75 Å². The van der Waals surface area contributed by atoms with Gasteiger partial charge in [0.25, 0.3) is 0 Å². The van der Waals surface area contributed by atoms with Crippen molar-refractivity contribution in [2.75, 3.05) is 4.90 Å². The van der Waals surface area contributed by atoms with Crippen LogP contribution in [0.4, 0.5) is 18.2 Å². The summed E-state index contributed by atoms with van der Waals surface area (Å²) < 4.78 is 44.9. The first-order chi connectivity index (χ1) is 18.7. The van der Waals surface area contributed by atoms with Gasteiger partial charge < -0.3 is 14.7 Å². The molecule has 5 nitrogen and oxygen atoms in total. The molecule has 0 unspecified atom stereocenters. The first-order valence-electron chi connectivity index (χ1n) is 12.4. The van der Waals surface area contributed by atoms with Crippen molar-refractivity contribution in [3.63, 3.8) is 0 Å². The first kappa shape index (κ1) is 29.4. The Morgan fingerprint density at radius 2 is 1.70 bits per heavy atom. The summed E-state index contributed by atoms with van der Waals surface area (Å²) in [6, 6.07) is 18.1. The Bertz CT molecular complexity index is 1520. The highest BCUT2D eigenvalue weighted by Gasteiger charge is 2.31. The molecule has 4 aromatic rings. The van der Waals surface area contributed by atoms with Crippen LogP contribution in [0.1, 0.15) is 41.8 Å². The van der Waals surface area contributed by atoms with Crippen LogP contribution in [-0.4, -0.2) is 21.7 Å².